The van der Waals surface area contributed by atoms with Crippen molar-refractivity contribution in [1.29, 1.82) is 0 Å². The molecular weight excluding hydrogens is 300 g/mol. The van der Waals surface area contributed by atoms with Gasteiger partial charge in [0.2, 0.25) is 0 Å². The van der Waals surface area contributed by atoms with Gasteiger partial charge < -0.3 is 23.7 Å². The van der Waals surface area contributed by atoms with E-state index in [1.165, 1.54) is 0 Å². The molecule has 1 aliphatic heterocycles. The van der Waals surface area contributed by atoms with Gasteiger partial charge in [0.15, 0.2) is 8.32 Å². The van der Waals surface area contributed by atoms with Crippen LogP contribution in [0, 0.1) is 0 Å². The first-order valence-corrected chi connectivity index (χ1v) is 11.1. The standard InChI is InChI=1S/C16H34O5Si/c1-12(19-11-18-5)8-13(9-14-15(10-17)20-14)21-22(6,7)16(2,3)4/h12-15,17H,8-11H2,1-7H3/t12-,13+,14+,15+/m1/s1. The molecular formula is C16H34O5Si. The smallest absolute Gasteiger partial charge is 0.192 e. The topological polar surface area (TPSA) is 60.5 Å². The van der Waals surface area contributed by atoms with Crippen molar-refractivity contribution in [3.8, 4) is 0 Å². The maximum atomic E-state index is 9.15. The van der Waals surface area contributed by atoms with Gasteiger partial charge in [0, 0.05) is 13.5 Å². The fourth-order valence-corrected chi connectivity index (χ4v) is 3.59. The van der Waals surface area contributed by atoms with Crippen LogP contribution in [-0.4, -0.2) is 58.3 Å². The van der Waals surface area contributed by atoms with E-state index in [-0.39, 0.29) is 36.1 Å². The van der Waals surface area contributed by atoms with Gasteiger partial charge in [-0.3, -0.25) is 0 Å². The SMILES string of the molecule is COCO[C@H](C)C[C@@H](C[C@@H]1O[C@H]1CO)O[Si](C)(C)C(C)(C)C. The van der Waals surface area contributed by atoms with Crippen molar-refractivity contribution in [3.63, 3.8) is 0 Å². The van der Waals surface area contributed by atoms with Crippen molar-refractivity contribution in [1.82, 2.24) is 0 Å². The molecule has 4 atom stereocenters. The Balaban J connectivity index is 2.61. The van der Waals surface area contributed by atoms with E-state index in [2.05, 4.69) is 33.9 Å². The van der Waals surface area contributed by atoms with Gasteiger partial charge in [0.1, 0.15) is 12.9 Å². The van der Waals surface area contributed by atoms with E-state index in [9.17, 15) is 0 Å². The van der Waals surface area contributed by atoms with Gasteiger partial charge in [0.05, 0.1) is 24.9 Å². The van der Waals surface area contributed by atoms with Gasteiger partial charge >= 0.3 is 0 Å². The first kappa shape index (κ1) is 20.1. The average molecular weight is 335 g/mol. The second kappa shape index (κ2) is 8.21. The van der Waals surface area contributed by atoms with Crippen molar-refractivity contribution in [2.45, 2.75) is 83.1 Å². The van der Waals surface area contributed by atoms with Crippen molar-refractivity contribution >= 4 is 8.32 Å². The van der Waals surface area contributed by atoms with Crippen LogP contribution >= 0.6 is 0 Å². The lowest BCUT2D eigenvalue weighted by molar-refractivity contribution is -0.0771. The molecule has 132 valence electrons. The van der Waals surface area contributed by atoms with Gasteiger partial charge in [-0.05, 0) is 31.5 Å². The minimum absolute atomic E-state index is 0.0132. The Morgan fingerprint density at radius 3 is 2.32 bits per heavy atom. The highest BCUT2D eigenvalue weighted by atomic mass is 28.4. The van der Waals surface area contributed by atoms with E-state index >= 15 is 0 Å². The van der Waals surface area contributed by atoms with E-state index < -0.39 is 8.32 Å². The molecule has 1 rings (SSSR count). The largest absolute Gasteiger partial charge is 0.414 e. The lowest BCUT2D eigenvalue weighted by atomic mass is 10.1. The number of hydrogen-bond acceptors (Lipinski definition) is 5. The van der Waals surface area contributed by atoms with Crippen LogP contribution in [0.2, 0.25) is 18.1 Å². The molecule has 0 aliphatic carbocycles. The van der Waals surface area contributed by atoms with Crippen LogP contribution in [0.4, 0.5) is 0 Å². The van der Waals surface area contributed by atoms with Crippen LogP contribution in [0.3, 0.4) is 0 Å². The maximum Gasteiger partial charge on any atom is 0.192 e. The first-order chi connectivity index (χ1) is 10.1. The molecule has 1 heterocycles. The summed E-state index contributed by atoms with van der Waals surface area (Å²) in [6.45, 7) is 13.7. The summed E-state index contributed by atoms with van der Waals surface area (Å²) < 4.78 is 22.6. The van der Waals surface area contributed by atoms with Crippen molar-refractivity contribution in [3.05, 3.63) is 0 Å². The highest BCUT2D eigenvalue weighted by Crippen LogP contribution is 2.39. The fraction of sp³-hybridized carbons (Fsp3) is 1.00. The number of ether oxygens (including phenoxy) is 3. The Bertz CT molecular complexity index is 329. The second-order valence-corrected chi connectivity index (χ2v) is 12.5. The summed E-state index contributed by atoms with van der Waals surface area (Å²) in [5, 5.41) is 9.32. The molecule has 0 spiro atoms. The summed E-state index contributed by atoms with van der Waals surface area (Å²) in [5.41, 5.74) is 0. The average Bonchev–Trinajstić information content (AvgIpc) is 3.12. The van der Waals surface area contributed by atoms with Crippen LogP contribution in [-0.2, 0) is 18.6 Å². The van der Waals surface area contributed by atoms with Crippen LogP contribution in [0.25, 0.3) is 0 Å². The summed E-state index contributed by atoms with van der Waals surface area (Å²) in [6, 6.07) is 0. The van der Waals surface area contributed by atoms with Gasteiger partial charge in [-0.15, -0.1) is 0 Å². The minimum Gasteiger partial charge on any atom is -0.414 e. The fourth-order valence-electron chi connectivity index (χ4n) is 2.21. The van der Waals surface area contributed by atoms with Gasteiger partial charge in [-0.2, -0.15) is 0 Å². The van der Waals surface area contributed by atoms with E-state index in [4.69, 9.17) is 23.7 Å². The Labute approximate surface area is 136 Å². The van der Waals surface area contributed by atoms with E-state index in [0.717, 1.165) is 12.8 Å². The third-order valence-corrected chi connectivity index (χ3v) is 9.23. The zero-order valence-corrected chi connectivity index (χ0v) is 16.2. The molecule has 1 aliphatic rings. The second-order valence-electron chi connectivity index (χ2n) is 7.75. The van der Waals surface area contributed by atoms with Gasteiger partial charge in [-0.1, -0.05) is 20.8 Å². The van der Waals surface area contributed by atoms with Crippen molar-refractivity contribution < 1.29 is 23.7 Å². The Morgan fingerprint density at radius 2 is 1.86 bits per heavy atom. The predicted octanol–water partition coefficient (Wildman–Crippen LogP) is 2.93. The van der Waals surface area contributed by atoms with Gasteiger partial charge in [-0.25, -0.2) is 0 Å². The number of methoxy groups -OCH3 is 1. The van der Waals surface area contributed by atoms with Crippen LogP contribution in [0.15, 0.2) is 0 Å². The quantitative estimate of drug-likeness (QED) is 0.378. The van der Waals surface area contributed by atoms with Crippen LogP contribution < -0.4 is 0 Å². The molecule has 0 bridgehead atoms. The summed E-state index contributed by atoms with van der Waals surface area (Å²) in [4.78, 5) is 0. The number of aliphatic hydroxyl groups is 1. The van der Waals surface area contributed by atoms with E-state index in [1.54, 1.807) is 7.11 Å². The number of rotatable bonds is 10. The Morgan fingerprint density at radius 1 is 1.23 bits per heavy atom. The summed E-state index contributed by atoms with van der Waals surface area (Å²) in [5.74, 6) is 0. The maximum absolute atomic E-state index is 9.15. The molecule has 5 nitrogen and oxygen atoms in total. The molecule has 0 amide bonds. The summed E-state index contributed by atoms with van der Waals surface area (Å²) in [6.07, 6.45) is 1.90. The normalized spacial score (nSPS) is 25.1. The highest BCUT2D eigenvalue weighted by molar-refractivity contribution is 6.74. The lowest BCUT2D eigenvalue weighted by Gasteiger charge is -2.39. The molecule has 0 aromatic heterocycles. The molecule has 1 fully saturated rings. The summed E-state index contributed by atoms with van der Waals surface area (Å²) in [7, 11) is -0.217. The van der Waals surface area contributed by atoms with Crippen molar-refractivity contribution in [2.75, 3.05) is 20.5 Å². The Kier molecular flexibility index (Phi) is 7.49. The third-order valence-electron chi connectivity index (χ3n) is 4.70. The van der Waals surface area contributed by atoms with Gasteiger partial charge in [0.25, 0.3) is 0 Å². The van der Waals surface area contributed by atoms with E-state index in [0.29, 0.717) is 6.79 Å². The Hall–Kier alpha value is 0.0169. The summed E-state index contributed by atoms with van der Waals surface area (Å²) >= 11 is 0. The molecule has 0 aromatic rings. The minimum atomic E-state index is -1.84. The third kappa shape index (κ3) is 6.26. The number of aliphatic hydroxyl groups excluding tert-OH is 1. The molecule has 1 saturated heterocycles. The number of epoxide rings is 1. The molecule has 0 unspecified atom stereocenters. The van der Waals surface area contributed by atoms with Crippen LogP contribution in [0.1, 0.15) is 40.5 Å². The zero-order valence-electron chi connectivity index (χ0n) is 15.2. The molecule has 0 aromatic carbocycles. The number of hydrogen-bond donors (Lipinski definition) is 1. The van der Waals surface area contributed by atoms with Crippen LogP contribution in [0.5, 0.6) is 0 Å². The predicted molar refractivity (Wildman–Crippen MR) is 89.5 cm³/mol. The molecule has 22 heavy (non-hydrogen) atoms. The zero-order chi connectivity index (χ0) is 17.0. The lowest BCUT2D eigenvalue weighted by Crippen LogP contribution is -2.45. The molecule has 0 saturated carbocycles. The molecule has 0 radical (unpaired) electrons. The molecule has 6 heteroatoms. The van der Waals surface area contributed by atoms with Crippen molar-refractivity contribution in [2.24, 2.45) is 0 Å². The molecule has 1 N–H and O–H groups in total. The first-order valence-electron chi connectivity index (χ1n) is 8.15. The highest BCUT2D eigenvalue weighted by Gasteiger charge is 2.44. The monoisotopic (exact) mass is 334 g/mol. The van der Waals surface area contributed by atoms with E-state index in [1.807, 2.05) is 6.92 Å².